The molecule has 0 bridgehead atoms. The van der Waals surface area contributed by atoms with E-state index in [1.54, 1.807) is 13.4 Å². The summed E-state index contributed by atoms with van der Waals surface area (Å²) in [6.45, 7) is 6.56. The molecule has 2 heterocycles. The minimum absolute atomic E-state index is 0.755. The third-order valence-corrected chi connectivity index (χ3v) is 5.40. The number of hydrogen-bond donors (Lipinski definition) is 1. The summed E-state index contributed by atoms with van der Waals surface area (Å²) in [6.07, 6.45) is 1.64. The van der Waals surface area contributed by atoms with E-state index in [0.717, 1.165) is 55.8 Å². The molecule has 150 valence electrons. The largest absolute Gasteiger partial charge is 0.495 e. The number of ether oxygens (including phenoxy) is 1. The van der Waals surface area contributed by atoms with Crippen LogP contribution >= 0.6 is 0 Å². The maximum absolute atomic E-state index is 5.51. The van der Waals surface area contributed by atoms with E-state index in [4.69, 9.17) is 4.74 Å². The van der Waals surface area contributed by atoms with Crippen molar-refractivity contribution in [3.8, 4) is 5.75 Å². The lowest BCUT2D eigenvalue weighted by atomic mass is 10.1. The quantitative estimate of drug-likeness (QED) is 0.693. The molecule has 0 aliphatic carbocycles. The maximum atomic E-state index is 5.51. The van der Waals surface area contributed by atoms with Gasteiger partial charge in [-0.3, -0.25) is 0 Å². The summed E-state index contributed by atoms with van der Waals surface area (Å²) in [4.78, 5) is 13.6. The topological polar surface area (TPSA) is 53.5 Å². The monoisotopic (exact) mass is 389 g/mol. The summed E-state index contributed by atoms with van der Waals surface area (Å²) in [5.41, 5.74) is 3.71. The van der Waals surface area contributed by atoms with Gasteiger partial charge in [0, 0.05) is 38.8 Å². The fourth-order valence-corrected chi connectivity index (χ4v) is 3.68. The third kappa shape index (κ3) is 4.42. The number of nitrogens with one attached hydrogen (secondary N) is 1. The number of aromatic nitrogens is 2. The lowest BCUT2D eigenvalue weighted by Gasteiger charge is -2.37. The zero-order valence-corrected chi connectivity index (χ0v) is 17.0. The van der Waals surface area contributed by atoms with E-state index in [1.165, 1.54) is 11.1 Å². The molecule has 1 aliphatic rings. The van der Waals surface area contributed by atoms with Crippen LogP contribution in [0.4, 0.5) is 17.3 Å². The molecule has 6 nitrogen and oxygen atoms in total. The highest BCUT2D eigenvalue weighted by atomic mass is 16.5. The van der Waals surface area contributed by atoms with Gasteiger partial charge < -0.3 is 19.9 Å². The molecule has 6 heteroatoms. The zero-order valence-electron chi connectivity index (χ0n) is 17.0. The van der Waals surface area contributed by atoms with Gasteiger partial charge in [-0.15, -0.1) is 0 Å². The molecule has 2 aromatic carbocycles. The Kier molecular flexibility index (Phi) is 5.79. The smallest absolute Gasteiger partial charge is 0.142 e. The third-order valence-electron chi connectivity index (χ3n) is 5.40. The number of nitrogens with zero attached hydrogens (tertiary/aromatic N) is 4. The van der Waals surface area contributed by atoms with Gasteiger partial charge in [-0.1, -0.05) is 36.4 Å². The number of benzene rings is 2. The van der Waals surface area contributed by atoms with E-state index in [-0.39, 0.29) is 0 Å². The van der Waals surface area contributed by atoms with Crippen LogP contribution in [0, 0.1) is 6.92 Å². The number of anilines is 3. The second kappa shape index (κ2) is 8.82. The highest BCUT2D eigenvalue weighted by Gasteiger charge is 2.20. The normalized spacial score (nSPS) is 14.0. The first-order chi connectivity index (χ1) is 14.2. The van der Waals surface area contributed by atoms with E-state index >= 15 is 0 Å². The summed E-state index contributed by atoms with van der Waals surface area (Å²) in [5.74, 6) is 2.74. The molecule has 0 unspecified atom stereocenters. The van der Waals surface area contributed by atoms with Crippen LogP contribution in [0.5, 0.6) is 5.75 Å². The fourth-order valence-electron chi connectivity index (χ4n) is 3.68. The number of hydrogen-bond acceptors (Lipinski definition) is 6. The van der Waals surface area contributed by atoms with Gasteiger partial charge >= 0.3 is 0 Å². The van der Waals surface area contributed by atoms with Crippen molar-refractivity contribution in [1.82, 2.24) is 9.97 Å². The van der Waals surface area contributed by atoms with Crippen molar-refractivity contribution in [2.75, 3.05) is 48.4 Å². The molecule has 29 heavy (non-hydrogen) atoms. The van der Waals surface area contributed by atoms with Gasteiger partial charge in [0.05, 0.1) is 12.8 Å². The Morgan fingerprint density at radius 1 is 0.931 bits per heavy atom. The van der Waals surface area contributed by atoms with Gasteiger partial charge in [0.1, 0.15) is 23.7 Å². The number of methoxy groups -OCH3 is 1. The molecule has 0 saturated carbocycles. The first kappa shape index (κ1) is 19.1. The summed E-state index contributed by atoms with van der Waals surface area (Å²) in [7, 11) is 1.72. The summed E-state index contributed by atoms with van der Waals surface area (Å²) in [6, 6.07) is 18.6. The van der Waals surface area contributed by atoms with Gasteiger partial charge in [0.25, 0.3) is 0 Å². The molecular formula is C23H27N5O. The molecule has 3 aromatic rings. The van der Waals surface area contributed by atoms with Crippen molar-refractivity contribution < 1.29 is 4.74 Å². The van der Waals surface area contributed by atoms with Crippen molar-refractivity contribution >= 4 is 17.3 Å². The minimum Gasteiger partial charge on any atom is -0.495 e. The second-order valence-corrected chi connectivity index (χ2v) is 7.19. The Hall–Kier alpha value is -3.28. The number of piperazine rings is 1. The molecule has 4 rings (SSSR count). The highest BCUT2D eigenvalue weighted by molar-refractivity contribution is 5.60. The van der Waals surface area contributed by atoms with Crippen LogP contribution in [0.25, 0.3) is 0 Å². The van der Waals surface area contributed by atoms with Gasteiger partial charge in [-0.25, -0.2) is 9.97 Å². The Bertz CT molecular complexity index is 953. The molecule has 0 atom stereocenters. The standard InChI is InChI=1S/C23H27N5O/c1-18-7-3-4-8-19(18)16-24-22-15-23(26-17-25-22)28-13-11-27(12-14-28)20-9-5-6-10-21(20)29-2/h3-10,15,17H,11-14,16H2,1-2H3,(H,24,25,26). The maximum Gasteiger partial charge on any atom is 0.142 e. The highest BCUT2D eigenvalue weighted by Crippen LogP contribution is 2.29. The Morgan fingerprint density at radius 2 is 1.66 bits per heavy atom. The Morgan fingerprint density at radius 3 is 2.45 bits per heavy atom. The van der Waals surface area contributed by atoms with E-state index in [1.807, 2.05) is 18.2 Å². The van der Waals surface area contributed by atoms with E-state index < -0.39 is 0 Å². The van der Waals surface area contributed by atoms with Crippen LogP contribution in [0.3, 0.4) is 0 Å². The van der Waals surface area contributed by atoms with E-state index in [9.17, 15) is 0 Å². The predicted molar refractivity (Wildman–Crippen MR) is 118 cm³/mol. The van der Waals surface area contributed by atoms with Crippen LogP contribution in [0.1, 0.15) is 11.1 Å². The lowest BCUT2D eigenvalue weighted by Crippen LogP contribution is -2.47. The van der Waals surface area contributed by atoms with Gasteiger partial charge in [-0.05, 0) is 30.2 Å². The molecule has 1 fully saturated rings. The van der Waals surface area contributed by atoms with Gasteiger partial charge in [-0.2, -0.15) is 0 Å². The first-order valence-corrected chi connectivity index (χ1v) is 9.98. The van der Waals surface area contributed by atoms with Crippen LogP contribution in [-0.2, 0) is 6.54 Å². The molecule has 1 aromatic heterocycles. The van der Waals surface area contributed by atoms with Crippen LogP contribution in [-0.4, -0.2) is 43.3 Å². The van der Waals surface area contributed by atoms with Crippen molar-refractivity contribution in [1.29, 1.82) is 0 Å². The summed E-state index contributed by atoms with van der Waals surface area (Å²) >= 11 is 0. The minimum atomic E-state index is 0.755. The number of para-hydroxylation sites is 2. The predicted octanol–water partition coefficient (Wildman–Crippen LogP) is 3.73. The molecule has 1 aliphatic heterocycles. The van der Waals surface area contributed by atoms with Crippen LogP contribution in [0.15, 0.2) is 60.9 Å². The van der Waals surface area contributed by atoms with Crippen molar-refractivity contribution in [2.24, 2.45) is 0 Å². The van der Waals surface area contributed by atoms with Crippen LogP contribution < -0.4 is 19.9 Å². The van der Waals surface area contributed by atoms with Crippen molar-refractivity contribution in [2.45, 2.75) is 13.5 Å². The van der Waals surface area contributed by atoms with Crippen LogP contribution in [0.2, 0.25) is 0 Å². The second-order valence-electron chi connectivity index (χ2n) is 7.19. The average Bonchev–Trinajstić information content (AvgIpc) is 2.79. The van der Waals surface area contributed by atoms with Gasteiger partial charge in [0.15, 0.2) is 0 Å². The molecular weight excluding hydrogens is 362 g/mol. The molecule has 1 saturated heterocycles. The molecule has 0 amide bonds. The number of rotatable bonds is 6. The SMILES string of the molecule is COc1ccccc1N1CCN(c2cc(NCc3ccccc3C)ncn2)CC1. The molecule has 0 spiro atoms. The molecule has 0 radical (unpaired) electrons. The fraction of sp³-hybridized carbons (Fsp3) is 0.304. The van der Waals surface area contributed by atoms with E-state index in [2.05, 4.69) is 68.4 Å². The number of aryl methyl sites for hydroxylation is 1. The lowest BCUT2D eigenvalue weighted by molar-refractivity contribution is 0.413. The van der Waals surface area contributed by atoms with Crippen molar-refractivity contribution in [3.63, 3.8) is 0 Å². The first-order valence-electron chi connectivity index (χ1n) is 9.98. The average molecular weight is 390 g/mol. The summed E-state index contributed by atoms with van der Waals surface area (Å²) < 4.78 is 5.51. The Labute approximate surface area is 172 Å². The Balaban J connectivity index is 1.39. The molecule has 1 N–H and O–H groups in total. The van der Waals surface area contributed by atoms with Gasteiger partial charge in [0.2, 0.25) is 0 Å². The van der Waals surface area contributed by atoms with E-state index in [0.29, 0.717) is 0 Å². The summed E-state index contributed by atoms with van der Waals surface area (Å²) in [5, 5.41) is 3.43. The van der Waals surface area contributed by atoms with Crippen molar-refractivity contribution in [3.05, 3.63) is 72.1 Å². The zero-order chi connectivity index (χ0) is 20.1.